The minimum absolute atomic E-state index is 0.786. The van der Waals surface area contributed by atoms with Crippen molar-refractivity contribution >= 4 is 207 Å². The van der Waals surface area contributed by atoms with Crippen LogP contribution in [0.15, 0.2) is 340 Å². The highest BCUT2D eigenvalue weighted by molar-refractivity contribution is 6.39. The van der Waals surface area contributed by atoms with Crippen LogP contribution in [0.2, 0.25) is 0 Å². The molecule has 0 spiro atoms. The van der Waals surface area contributed by atoms with E-state index in [9.17, 15) is 0 Å². The summed E-state index contributed by atoms with van der Waals surface area (Å²) >= 11 is 0. The molecule has 0 atom stereocenters. The molecule has 10 aromatic heterocycles. The Morgan fingerprint density at radius 1 is 0.170 bits per heavy atom. The second-order valence-electron chi connectivity index (χ2n) is 30.4. The van der Waals surface area contributed by atoms with Crippen LogP contribution in [0.4, 0.5) is 0 Å². The molecule has 10 heteroatoms. The van der Waals surface area contributed by atoms with Crippen molar-refractivity contribution in [1.82, 2.24) is 47.5 Å². The molecule has 17 aromatic carbocycles. The van der Waals surface area contributed by atoms with Crippen LogP contribution >= 0.6 is 0 Å². The third-order valence-corrected chi connectivity index (χ3v) is 25.0. The summed E-state index contributed by atoms with van der Waals surface area (Å²) in [6.45, 7) is 0. The van der Waals surface area contributed by atoms with Crippen molar-refractivity contribution in [2.75, 3.05) is 0 Å². The van der Waals surface area contributed by atoms with Gasteiger partial charge >= 0.3 is 0 Å². The van der Waals surface area contributed by atoms with E-state index < -0.39 is 0 Å². The normalized spacial score (nSPS) is 12.6. The van der Waals surface area contributed by atoms with Crippen molar-refractivity contribution < 1.29 is 0 Å². The third kappa shape index (κ3) is 7.43. The number of hydrogen-bond acceptors (Lipinski definition) is 4. The van der Waals surface area contributed by atoms with Gasteiger partial charge in [-0.15, -0.1) is 20.4 Å². The van der Waals surface area contributed by atoms with Crippen molar-refractivity contribution in [1.29, 1.82) is 0 Å². The van der Waals surface area contributed by atoms with E-state index in [2.05, 4.69) is 367 Å². The topological polar surface area (TPSA) is 80.1 Å². The molecule has 0 bridgehead atoms. The molecule has 112 heavy (non-hydrogen) atoms. The van der Waals surface area contributed by atoms with E-state index in [1.165, 1.54) is 119 Å². The van der Waals surface area contributed by atoms with E-state index in [1.54, 1.807) is 0 Å². The first-order chi connectivity index (χ1) is 55.6. The molecule has 0 radical (unpaired) electrons. The van der Waals surface area contributed by atoms with Gasteiger partial charge in [0.1, 0.15) is 5.69 Å². The molecule has 10 nitrogen and oxygen atoms in total. The van der Waals surface area contributed by atoms with E-state index in [-0.39, 0.29) is 0 Å². The molecule has 514 valence electrons. The van der Waals surface area contributed by atoms with Gasteiger partial charge in [-0.3, -0.25) is 13.7 Å². The molecule has 27 rings (SSSR count). The van der Waals surface area contributed by atoms with Crippen molar-refractivity contribution in [2.24, 2.45) is 0 Å². The van der Waals surface area contributed by atoms with Gasteiger partial charge in [0, 0.05) is 119 Å². The van der Waals surface area contributed by atoms with Crippen LogP contribution in [0.1, 0.15) is 0 Å². The maximum Gasteiger partial charge on any atom is 0.168 e. The van der Waals surface area contributed by atoms with Crippen molar-refractivity contribution in [3.05, 3.63) is 340 Å². The van der Waals surface area contributed by atoms with Crippen LogP contribution in [-0.2, 0) is 0 Å². The fourth-order valence-electron chi connectivity index (χ4n) is 20.4. The number of rotatable bonds is 6. The van der Waals surface area contributed by atoms with Crippen molar-refractivity contribution in [3.8, 4) is 45.5 Å². The fraction of sp³-hybridized carbons (Fsp3) is 0. The molecule has 27 aromatic rings. The molecule has 10 heterocycles. The molecule has 0 N–H and O–H groups in total. The zero-order chi connectivity index (χ0) is 72.4. The SMILES string of the molecule is c1ccc(-n2c3ccc(-c4nnc(-n5c6ccc7ccccc7c6c6cc7c8ccccc8n8c9ccccc9c(c65)c78)c5ccccc45)cc3c3ccc(-c4ccc5c(c4)c4cc6c7c8ccccc8ccc7n(-c7nnc(-n8c9ccccc9c9ccccc98)c8ccccc78)c6c6c7ccccc7n5c46)cc32)cc1. The first-order valence-corrected chi connectivity index (χ1v) is 38.4. The monoisotopic (exact) mass is 1420 g/mol. The smallest absolute Gasteiger partial charge is 0.168 e. The molecule has 0 unspecified atom stereocenters. The highest BCUT2D eigenvalue weighted by atomic mass is 15.3. The number of aromatic nitrogens is 10. The van der Waals surface area contributed by atoms with Gasteiger partial charge in [0.05, 0.1) is 77.2 Å². The highest BCUT2D eigenvalue weighted by Gasteiger charge is 2.31. The number of nitrogens with zero attached hydrogens (tertiary/aromatic N) is 10. The van der Waals surface area contributed by atoms with Gasteiger partial charge < -0.3 is 13.4 Å². The zero-order valence-corrected chi connectivity index (χ0v) is 59.8. The molecule has 0 aliphatic carbocycles. The molecule has 0 amide bonds. The van der Waals surface area contributed by atoms with E-state index in [4.69, 9.17) is 20.4 Å². The number of para-hydroxylation sites is 6. The van der Waals surface area contributed by atoms with Crippen LogP contribution in [0.5, 0.6) is 0 Å². The van der Waals surface area contributed by atoms with Gasteiger partial charge in [0.2, 0.25) is 0 Å². The lowest BCUT2D eigenvalue weighted by molar-refractivity contribution is 0.930. The lowest BCUT2D eigenvalue weighted by Crippen LogP contribution is -2.06. The number of hydrogen-bond donors (Lipinski definition) is 0. The first-order valence-electron chi connectivity index (χ1n) is 38.4. The summed E-state index contributed by atoms with van der Waals surface area (Å²) in [7, 11) is 0. The summed E-state index contributed by atoms with van der Waals surface area (Å²) in [5, 5.41) is 49.6. The van der Waals surface area contributed by atoms with E-state index in [0.717, 1.165) is 133 Å². The van der Waals surface area contributed by atoms with Gasteiger partial charge in [-0.1, -0.05) is 243 Å². The minimum atomic E-state index is 0.786. The third-order valence-electron chi connectivity index (χ3n) is 25.0. The van der Waals surface area contributed by atoms with Crippen LogP contribution in [0.3, 0.4) is 0 Å². The maximum absolute atomic E-state index is 5.46. The predicted octanol–water partition coefficient (Wildman–Crippen LogP) is 25.9. The van der Waals surface area contributed by atoms with Crippen LogP contribution in [0, 0.1) is 0 Å². The molecule has 0 saturated carbocycles. The Balaban J connectivity index is 0.650. The fourth-order valence-corrected chi connectivity index (χ4v) is 20.4. The molecule has 0 aliphatic heterocycles. The Morgan fingerprint density at radius 2 is 0.536 bits per heavy atom. The summed E-state index contributed by atoms with van der Waals surface area (Å²) in [6.07, 6.45) is 0. The Bertz CT molecular complexity index is 8860. The van der Waals surface area contributed by atoms with Gasteiger partial charge in [-0.05, 0) is 130 Å². The first kappa shape index (κ1) is 58.9. The van der Waals surface area contributed by atoms with E-state index in [1.807, 2.05) is 0 Å². The zero-order valence-electron chi connectivity index (χ0n) is 59.8. The number of fused-ring (bicyclic) bond motifs is 32. The lowest BCUT2D eigenvalue weighted by Gasteiger charge is -2.14. The Kier molecular flexibility index (Phi) is 11.2. The molecular formula is C102H56N10. The quantitative estimate of drug-likeness (QED) is 0.166. The Hall–Kier alpha value is -15.3. The predicted molar refractivity (Wildman–Crippen MR) is 465 cm³/mol. The molecular weight excluding hydrogens is 1370 g/mol. The number of benzene rings is 17. The summed E-state index contributed by atoms with van der Waals surface area (Å²) in [4.78, 5) is 0. The molecule has 0 aliphatic rings. The van der Waals surface area contributed by atoms with Gasteiger partial charge in [0.15, 0.2) is 17.5 Å². The van der Waals surface area contributed by atoms with E-state index in [0.29, 0.717) is 0 Å². The Labute approximate surface area is 635 Å². The average Bonchev–Trinajstić information content (AvgIpc) is 1.51. The van der Waals surface area contributed by atoms with Crippen LogP contribution < -0.4 is 0 Å². The highest BCUT2D eigenvalue weighted by Crippen LogP contribution is 2.52. The van der Waals surface area contributed by atoms with Gasteiger partial charge in [-0.2, -0.15) is 0 Å². The minimum Gasteiger partial charge on any atom is -0.309 e. The lowest BCUT2D eigenvalue weighted by atomic mass is 9.98. The molecule has 0 fully saturated rings. The second kappa shape index (κ2) is 21.3. The maximum atomic E-state index is 5.46. The van der Waals surface area contributed by atoms with Crippen LogP contribution in [-0.4, -0.2) is 47.5 Å². The summed E-state index contributed by atoms with van der Waals surface area (Å²) < 4.78 is 14.6. The summed E-state index contributed by atoms with van der Waals surface area (Å²) in [5.41, 5.74) is 21.1. The van der Waals surface area contributed by atoms with E-state index >= 15 is 0 Å². The largest absolute Gasteiger partial charge is 0.309 e. The van der Waals surface area contributed by atoms with Crippen molar-refractivity contribution in [2.45, 2.75) is 0 Å². The van der Waals surface area contributed by atoms with Gasteiger partial charge in [0.25, 0.3) is 0 Å². The molecule has 0 saturated heterocycles. The standard InChI is InChI=1S/C102H56N10/c1-2-24-62(25-3-1)107-86-49-46-61(95-69-31-8-9-32-70(69)101(104-103-95)111-88-50-43-57-22-4-6-26-63(57)91(88)79-55-77-67-30-14-17-37-81(67)108-84-40-20-15-35-73(84)93(96(77)108)98(79)111)53-75(86)68-47-42-60(54-90(68)107)59-45-48-87-76(52-59)78-56-80-92-64-27-7-5-23-58(64)44-51-89(92)112(99(80)94-74-36-16-21-41-85(74)109(87)97(78)94)102-72-34-11-10-33-71(72)100(105-106-102)110-82-38-18-12-28-65(82)66-29-13-19-39-83(66)110/h1-56H. The summed E-state index contributed by atoms with van der Waals surface area (Å²) in [6, 6.07) is 125. The second-order valence-corrected chi connectivity index (χ2v) is 30.4. The van der Waals surface area contributed by atoms with Crippen molar-refractivity contribution in [3.63, 3.8) is 0 Å². The van der Waals surface area contributed by atoms with Gasteiger partial charge in [-0.25, -0.2) is 0 Å². The average molecular weight is 1420 g/mol. The Morgan fingerprint density at radius 3 is 1.12 bits per heavy atom. The van der Waals surface area contributed by atoms with Crippen LogP contribution in [0.25, 0.3) is 252 Å². The summed E-state index contributed by atoms with van der Waals surface area (Å²) in [5.74, 6) is 2.38.